The average Bonchev–Trinajstić information content (AvgIpc) is 3.02. The van der Waals surface area contributed by atoms with Crippen LogP contribution in [0.3, 0.4) is 0 Å². The molecule has 0 aliphatic rings. The number of aromatic nitrogens is 1. The summed E-state index contributed by atoms with van der Waals surface area (Å²) in [4.78, 5) is 16.6. The van der Waals surface area contributed by atoms with Gasteiger partial charge in [-0.15, -0.1) is 0 Å². The minimum absolute atomic E-state index is 0.261. The predicted octanol–water partition coefficient (Wildman–Crippen LogP) is 3.46. The molecule has 6 nitrogen and oxygen atoms in total. The molecule has 124 valence electrons. The van der Waals surface area contributed by atoms with Gasteiger partial charge >= 0.3 is 0 Å². The molecule has 2 N–H and O–H groups in total. The van der Waals surface area contributed by atoms with Gasteiger partial charge in [-0.25, -0.2) is 4.98 Å². The average molecular weight is 343 g/mol. The van der Waals surface area contributed by atoms with Crippen molar-refractivity contribution in [2.24, 2.45) is 0 Å². The number of nitrogens with one attached hydrogen (secondary N) is 2. The van der Waals surface area contributed by atoms with Crippen LogP contribution in [0.5, 0.6) is 11.5 Å². The number of benzene rings is 2. The molecule has 1 aromatic heterocycles. The number of hydrogen-bond donors (Lipinski definition) is 2. The van der Waals surface area contributed by atoms with E-state index < -0.39 is 0 Å². The molecule has 24 heavy (non-hydrogen) atoms. The van der Waals surface area contributed by atoms with Crippen LogP contribution in [0.1, 0.15) is 17.3 Å². The number of rotatable bonds is 6. The highest BCUT2D eigenvalue weighted by Gasteiger charge is 2.09. The van der Waals surface area contributed by atoms with Crippen molar-refractivity contribution >= 4 is 32.6 Å². The van der Waals surface area contributed by atoms with E-state index >= 15 is 0 Å². The summed E-state index contributed by atoms with van der Waals surface area (Å²) in [6.07, 6.45) is 0. The van der Waals surface area contributed by atoms with Crippen LogP contribution in [0.25, 0.3) is 10.2 Å². The van der Waals surface area contributed by atoms with E-state index in [1.807, 2.05) is 25.1 Å². The van der Waals surface area contributed by atoms with Gasteiger partial charge in [0.25, 0.3) is 5.91 Å². The maximum atomic E-state index is 12.2. The second-order valence-corrected chi connectivity index (χ2v) is 5.92. The molecule has 0 unspecified atom stereocenters. The van der Waals surface area contributed by atoms with Gasteiger partial charge in [-0.3, -0.25) is 15.6 Å². The fraction of sp³-hybridized carbons (Fsp3) is 0.176. The number of hydrogen-bond acceptors (Lipinski definition) is 6. The smallest absolute Gasteiger partial charge is 0.269 e. The lowest BCUT2D eigenvalue weighted by atomic mass is 10.2. The van der Waals surface area contributed by atoms with Crippen molar-refractivity contribution in [2.45, 2.75) is 6.92 Å². The van der Waals surface area contributed by atoms with Gasteiger partial charge in [0.15, 0.2) is 0 Å². The van der Waals surface area contributed by atoms with Crippen LogP contribution < -0.4 is 20.3 Å². The Morgan fingerprint density at radius 1 is 1.21 bits per heavy atom. The molecule has 0 bridgehead atoms. The number of nitrogens with zero attached hydrogens (tertiary/aromatic N) is 1. The van der Waals surface area contributed by atoms with Crippen molar-refractivity contribution in [3.63, 3.8) is 0 Å². The summed E-state index contributed by atoms with van der Waals surface area (Å²) in [7, 11) is 1.56. The largest absolute Gasteiger partial charge is 0.497 e. The SMILES string of the molecule is CCOc1ccc2nc(NNC(=O)c3cccc(OC)c3)sc2c1. The maximum absolute atomic E-state index is 12.2. The third kappa shape index (κ3) is 3.57. The first-order valence-corrected chi connectivity index (χ1v) is 8.25. The van der Waals surface area contributed by atoms with Gasteiger partial charge < -0.3 is 9.47 Å². The Labute approximate surface area is 143 Å². The molecule has 1 amide bonds. The number of hydrazine groups is 1. The van der Waals surface area contributed by atoms with Gasteiger partial charge in [0, 0.05) is 5.56 Å². The number of anilines is 1. The van der Waals surface area contributed by atoms with E-state index in [1.54, 1.807) is 31.4 Å². The lowest BCUT2D eigenvalue weighted by Gasteiger charge is -2.06. The Morgan fingerprint density at radius 2 is 2.08 bits per heavy atom. The maximum Gasteiger partial charge on any atom is 0.269 e. The standard InChI is InChI=1S/C17H17N3O3S/c1-3-23-13-7-8-14-15(10-13)24-17(18-14)20-19-16(21)11-5-4-6-12(9-11)22-2/h4-10H,3H2,1-2H3,(H,18,20)(H,19,21). The van der Waals surface area contributed by atoms with Crippen molar-refractivity contribution in [3.8, 4) is 11.5 Å². The Balaban J connectivity index is 1.69. The lowest BCUT2D eigenvalue weighted by Crippen LogP contribution is -2.29. The number of fused-ring (bicyclic) bond motifs is 1. The highest BCUT2D eigenvalue weighted by molar-refractivity contribution is 7.22. The molecule has 2 aromatic carbocycles. The van der Waals surface area contributed by atoms with E-state index in [0.29, 0.717) is 23.1 Å². The number of amides is 1. The topological polar surface area (TPSA) is 72.5 Å². The Bertz CT molecular complexity index is 863. The number of ether oxygens (including phenoxy) is 2. The minimum atomic E-state index is -0.261. The Morgan fingerprint density at radius 3 is 2.88 bits per heavy atom. The normalized spacial score (nSPS) is 10.4. The molecule has 0 atom stereocenters. The number of carbonyl (C=O) groups excluding carboxylic acids is 1. The Hall–Kier alpha value is -2.80. The molecule has 0 radical (unpaired) electrons. The molecule has 3 aromatic rings. The first-order valence-electron chi connectivity index (χ1n) is 7.43. The number of thiazole rings is 1. The molecule has 0 aliphatic heterocycles. The van der Waals surface area contributed by atoms with E-state index in [9.17, 15) is 4.79 Å². The van der Waals surface area contributed by atoms with Crippen molar-refractivity contribution in [1.29, 1.82) is 0 Å². The van der Waals surface area contributed by atoms with Gasteiger partial charge in [0.2, 0.25) is 5.13 Å². The fourth-order valence-corrected chi connectivity index (χ4v) is 3.01. The van der Waals surface area contributed by atoms with Crippen LogP contribution in [0.15, 0.2) is 42.5 Å². The first-order chi connectivity index (χ1) is 11.7. The fourth-order valence-electron chi connectivity index (χ4n) is 2.16. The van der Waals surface area contributed by atoms with Crippen LogP contribution in [0, 0.1) is 0 Å². The third-order valence-electron chi connectivity index (χ3n) is 3.29. The molecular weight excluding hydrogens is 326 g/mol. The van der Waals surface area contributed by atoms with Crippen LogP contribution in [-0.2, 0) is 0 Å². The summed E-state index contributed by atoms with van der Waals surface area (Å²) >= 11 is 1.44. The monoisotopic (exact) mass is 343 g/mol. The minimum Gasteiger partial charge on any atom is -0.497 e. The van der Waals surface area contributed by atoms with Crippen LogP contribution >= 0.6 is 11.3 Å². The summed E-state index contributed by atoms with van der Waals surface area (Å²) in [5, 5.41) is 0.606. The number of carbonyl (C=O) groups is 1. The molecular formula is C17H17N3O3S. The second-order valence-electron chi connectivity index (χ2n) is 4.89. The van der Waals surface area contributed by atoms with Gasteiger partial charge in [0.05, 0.1) is 23.9 Å². The zero-order valence-corrected chi connectivity index (χ0v) is 14.1. The van der Waals surface area contributed by atoms with Gasteiger partial charge in [0.1, 0.15) is 11.5 Å². The first kappa shape index (κ1) is 16.1. The van der Waals surface area contributed by atoms with E-state index in [2.05, 4.69) is 15.8 Å². The van der Waals surface area contributed by atoms with Gasteiger partial charge in [-0.05, 0) is 43.3 Å². The van der Waals surface area contributed by atoms with Gasteiger partial charge in [-0.1, -0.05) is 17.4 Å². The van der Waals surface area contributed by atoms with E-state index in [-0.39, 0.29) is 5.91 Å². The summed E-state index contributed by atoms with van der Waals surface area (Å²) < 4.78 is 11.6. The van der Waals surface area contributed by atoms with E-state index in [1.165, 1.54) is 11.3 Å². The van der Waals surface area contributed by atoms with Crippen LogP contribution in [-0.4, -0.2) is 24.6 Å². The summed E-state index contributed by atoms with van der Waals surface area (Å²) in [6.45, 7) is 2.56. The highest BCUT2D eigenvalue weighted by atomic mass is 32.1. The van der Waals surface area contributed by atoms with Gasteiger partial charge in [-0.2, -0.15) is 0 Å². The molecule has 0 fully saturated rings. The van der Waals surface area contributed by atoms with Crippen molar-refractivity contribution in [1.82, 2.24) is 10.4 Å². The Kier molecular flexibility index (Phi) is 4.81. The highest BCUT2D eigenvalue weighted by Crippen LogP contribution is 2.28. The zero-order chi connectivity index (χ0) is 16.9. The molecule has 3 rings (SSSR count). The van der Waals surface area contributed by atoms with Crippen molar-refractivity contribution in [2.75, 3.05) is 19.1 Å². The molecule has 0 saturated heterocycles. The van der Waals surface area contributed by atoms with Crippen LogP contribution in [0.2, 0.25) is 0 Å². The molecule has 0 aliphatic carbocycles. The second kappa shape index (κ2) is 7.18. The lowest BCUT2D eigenvalue weighted by molar-refractivity contribution is 0.0962. The third-order valence-corrected chi connectivity index (χ3v) is 4.22. The van der Waals surface area contributed by atoms with E-state index in [0.717, 1.165) is 16.0 Å². The van der Waals surface area contributed by atoms with Crippen molar-refractivity contribution < 1.29 is 14.3 Å². The predicted molar refractivity (Wildman–Crippen MR) is 94.9 cm³/mol. The summed E-state index contributed by atoms with van der Waals surface area (Å²) in [6, 6.07) is 12.6. The molecule has 7 heteroatoms. The van der Waals surface area contributed by atoms with Crippen LogP contribution in [0.4, 0.5) is 5.13 Å². The zero-order valence-electron chi connectivity index (χ0n) is 13.3. The van der Waals surface area contributed by atoms with E-state index in [4.69, 9.17) is 9.47 Å². The quantitative estimate of drug-likeness (QED) is 0.671. The molecule has 0 spiro atoms. The summed E-state index contributed by atoms with van der Waals surface area (Å²) in [5.74, 6) is 1.18. The molecule has 0 saturated carbocycles. The molecule has 1 heterocycles. The van der Waals surface area contributed by atoms with Crippen molar-refractivity contribution in [3.05, 3.63) is 48.0 Å². The summed E-state index contributed by atoms with van der Waals surface area (Å²) in [5.41, 5.74) is 6.84. The number of methoxy groups -OCH3 is 1.